The monoisotopic (exact) mass is 599 g/mol. The van der Waals surface area contributed by atoms with Crippen LogP contribution in [0.25, 0.3) is 0 Å². The maximum atomic E-state index is 14.2. The third-order valence-corrected chi connectivity index (χ3v) is 8.57. The first-order chi connectivity index (χ1) is 19.5. The van der Waals surface area contributed by atoms with Gasteiger partial charge in [0.15, 0.2) is 0 Å². The number of aryl methyl sites for hydroxylation is 1. The van der Waals surface area contributed by atoms with Crippen molar-refractivity contribution in [2.45, 2.75) is 51.6 Å². The minimum absolute atomic E-state index is 0.00857. The zero-order valence-corrected chi connectivity index (χ0v) is 25.7. The summed E-state index contributed by atoms with van der Waals surface area (Å²) in [5.74, 6) is -0.383. The molecule has 0 aliphatic heterocycles. The van der Waals surface area contributed by atoms with Gasteiger partial charge in [-0.25, -0.2) is 8.42 Å². The lowest BCUT2D eigenvalue weighted by molar-refractivity contribution is -0.140. The lowest BCUT2D eigenvalue weighted by Gasteiger charge is -2.33. The molecule has 0 saturated heterocycles. The van der Waals surface area contributed by atoms with Crippen molar-refractivity contribution in [1.29, 1.82) is 0 Å². The van der Waals surface area contributed by atoms with E-state index in [-0.39, 0.29) is 39.7 Å². The molecule has 0 heterocycles. The van der Waals surface area contributed by atoms with E-state index in [1.54, 1.807) is 24.3 Å². The summed E-state index contributed by atoms with van der Waals surface area (Å²) < 4.78 is 34.6. The number of ether oxygens (including phenoxy) is 1. The van der Waals surface area contributed by atoms with Gasteiger partial charge < -0.3 is 15.0 Å². The number of benzene rings is 3. The second kappa shape index (κ2) is 14.4. The number of halogens is 1. The van der Waals surface area contributed by atoms with Crippen molar-refractivity contribution < 1.29 is 22.7 Å². The number of sulfonamides is 1. The largest absolute Gasteiger partial charge is 0.495 e. The molecule has 3 aromatic carbocycles. The van der Waals surface area contributed by atoms with Gasteiger partial charge in [-0.1, -0.05) is 80.4 Å². The van der Waals surface area contributed by atoms with Crippen LogP contribution in [0.15, 0.2) is 77.7 Å². The molecule has 0 aliphatic carbocycles. The number of methoxy groups -OCH3 is 1. The summed E-state index contributed by atoms with van der Waals surface area (Å²) >= 11 is 6.29. The van der Waals surface area contributed by atoms with Gasteiger partial charge in [-0.3, -0.25) is 13.9 Å². The fraction of sp³-hybridized carbons (Fsp3) is 0.355. The van der Waals surface area contributed by atoms with E-state index in [2.05, 4.69) is 5.32 Å². The Morgan fingerprint density at radius 2 is 1.66 bits per heavy atom. The number of rotatable bonds is 13. The molecule has 0 aromatic heterocycles. The van der Waals surface area contributed by atoms with Crippen LogP contribution in [0.4, 0.5) is 5.69 Å². The third kappa shape index (κ3) is 8.24. The zero-order valence-electron chi connectivity index (χ0n) is 24.1. The summed E-state index contributed by atoms with van der Waals surface area (Å²) in [5.41, 5.74) is 1.81. The summed E-state index contributed by atoms with van der Waals surface area (Å²) in [7, 11) is -2.83. The molecule has 0 unspecified atom stereocenters. The Bertz CT molecular complexity index is 1430. The van der Waals surface area contributed by atoms with E-state index in [9.17, 15) is 18.0 Å². The predicted molar refractivity (Wildman–Crippen MR) is 163 cm³/mol. The number of hydrogen-bond acceptors (Lipinski definition) is 5. The van der Waals surface area contributed by atoms with Gasteiger partial charge in [0, 0.05) is 18.1 Å². The molecule has 10 heteroatoms. The van der Waals surface area contributed by atoms with Crippen LogP contribution in [0.5, 0.6) is 5.75 Å². The van der Waals surface area contributed by atoms with Gasteiger partial charge in [0.1, 0.15) is 18.3 Å². The summed E-state index contributed by atoms with van der Waals surface area (Å²) in [4.78, 5) is 28.9. The smallest absolute Gasteiger partial charge is 0.264 e. The Hall–Kier alpha value is -3.56. The number of amides is 2. The Morgan fingerprint density at radius 1 is 1.00 bits per heavy atom. The van der Waals surface area contributed by atoms with Crippen LogP contribution < -0.4 is 14.4 Å². The molecule has 3 rings (SSSR count). The average Bonchev–Trinajstić information content (AvgIpc) is 2.95. The quantitative estimate of drug-likeness (QED) is 0.283. The van der Waals surface area contributed by atoms with Gasteiger partial charge in [-0.15, -0.1) is 0 Å². The molecule has 1 N–H and O–H groups in total. The van der Waals surface area contributed by atoms with Crippen LogP contribution >= 0.6 is 11.6 Å². The van der Waals surface area contributed by atoms with Crippen LogP contribution in [-0.4, -0.2) is 51.4 Å². The molecular weight excluding hydrogens is 562 g/mol. The molecule has 3 aromatic rings. The number of nitrogens with one attached hydrogen (secondary N) is 1. The molecule has 0 saturated carbocycles. The summed E-state index contributed by atoms with van der Waals surface area (Å²) in [6, 6.07) is 19.4. The van der Waals surface area contributed by atoms with Crippen LogP contribution in [-0.2, 0) is 26.2 Å². The molecule has 220 valence electrons. The highest BCUT2D eigenvalue weighted by molar-refractivity contribution is 7.92. The number of hydrogen-bond donors (Lipinski definition) is 1. The van der Waals surface area contributed by atoms with Crippen molar-refractivity contribution in [3.63, 3.8) is 0 Å². The first-order valence-electron chi connectivity index (χ1n) is 13.5. The maximum absolute atomic E-state index is 14.2. The summed E-state index contributed by atoms with van der Waals surface area (Å²) in [6.45, 7) is 7.66. The van der Waals surface area contributed by atoms with Gasteiger partial charge in [0.2, 0.25) is 11.8 Å². The molecule has 0 aliphatic rings. The molecule has 0 bridgehead atoms. The minimum atomic E-state index is -4.25. The highest BCUT2D eigenvalue weighted by Crippen LogP contribution is 2.35. The number of anilines is 1. The predicted octanol–water partition coefficient (Wildman–Crippen LogP) is 5.43. The van der Waals surface area contributed by atoms with Crippen molar-refractivity contribution in [2.75, 3.05) is 24.5 Å². The molecule has 0 radical (unpaired) electrons. The van der Waals surface area contributed by atoms with E-state index in [0.29, 0.717) is 13.0 Å². The van der Waals surface area contributed by atoms with Crippen molar-refractivity contribution in [3.05, 3.63) is 88.9 Å². The third-order valence-electron chi connectivity index (χ3n) is 6.56. The molecule has 41 heavy (non-hydrogen) atoms. The molecule has 8 nitrogen and oxygen atoms in total. The standard InChI is InChI=1S/C31H38ClN3O5S/c1-6-27(31(37)33-19-22(2)3)34(20-24-10-8-7-9-11-24)30(36)21-35(28-18-25(32)14-17-29(28)40-5)41(38,39)26-15-12-23(4)13-16-26/h7-18,22,27H,6,19-21H2,1-5H3,(H,33,37)/t27-/m0/s1. The highest BCUT2D eigenvalue weighted by Gasteiger charge is 2.35. The van der Waals surface area contributed by atoms with E-state index < -0.39 is 28.5 Å². The van der Waals surface area contributed by atoms with Crippen LogP contribution in [0.1, 0.15) is 38.3 Å². The average molecular weight is 600 g/mol. The summed E-state index contributed by atoms with van der Waals surface area (Å²) in [5, 5.41) is 3.20. The number of carbonyl (C=O) groups excluding carboxylic acids is 2. The van der Waals surface area contributed by atoms with E-state index in [0.717, 1.165) is 15.4 Å². The molecule has 2 amide bonds. The van der Waals surface area contributed by atoms with Gasteiger partial charge in [-0.2, -0.15) is 0 Å². The summed E-state index contributed by atoms with van der Waals surface area (Å²) in [6.07, 6.45) is 0.341. The van der Waals surface area contributed by atoms with Gasteiger partial charge in [0.25, 0.3) is 10.0 Å². The SMILES string of the molecule is CC[C@@H](C(=O)NCC(C)C)N(Cc1ccccc1)C(=O)CN(c1cc(Cl)ccc1OC)S(=O)(=O)c1ccc(C)cc1. The first kappa shape index (κ1) is 32.0. The molecular formula is C31H38ClN3O5S. The highest BCUT2D eigenvalue weighted by atomic mass is 35.5. The fourth-order valence-electron chi connectivity index (χ4n) is 4.33. The number of nitrogens with zero attached hydrogens (tertiary/aromatic N) is 2. The van der Waals surface area contributed by atoms with Crippen LogP contribution in [0, 0.1) is 12.8 Å². The molecule has 0 spiro atoms. The minimum Gasteiger partial charge on any atom is -0.495 e. The topological polar surface area (TPSA) is 96.0 Å². The van der Waals surface area contributed by atoms with Gasteiger partial charge >= 0.3 is 0 Å². The molecule has 1 atom stereocenters. The van der Waals surface area contributed by atoms with Crippen LogP contribution in [0.2, 0.25) is 5.02 Å². The Labute approximate surface area is 248 Å². The van der Waals surface area contributed by atoms with Crippen LogP contribution in [0.3, 0.4) is 0 Å². The van der Waals surface area contributed by atoms with Crippen molar-refractivity contribution in [2.24, 2.45) is 5.92 Å². The second-order valence-electron chi connectivity index (χ2n) is 10.2. The van der Waals surface area contributed by atoms with Crippen molar-refractivity contribution in [1.82, 2.24) is 10.2 Å². The van der Waals surface area contributed by atoms with E-state index in [1.165, 1.54) is 30.2 Å². The maximum Gasteiger partial charge on any atom is 0.264 e. The van der Waals surface area contributed by atoms with Gasteiger partial charge in [0.05, 0.1) is 17.7 Å². The number of carbonyl (C=O) groups is 2. The lowest BCUT2D eigenvalue weighted by Crippen LogP contribution is -2.52. The van der Waals surface area contributed by atoms with E-state index in [4.69, 9.17) is 16.3 Å². The zero-order chi connectivity index (χ0) is 30.2. The normalized spacial score (nSPS) is 12.1. The van der Waals surface area contributed by atoms with Crippen molar-refractivity contribution >= 4 is 39.1 Å². The Balaban J connectivity index is 2.10. The lowest BCUT2D eigenvalue weighted by atomic mass is 10.1. The fourth-order valence-corrected chi connectivity index (χ4v) is 5.91. The Kier molecular flexibility index (Phi) is 11.2. The van der Waals surface area contributed by atoms with Crippen molar-refractivity contribution in [3.8, 4) is 5.75 Å². The van der Waals surface area contributed by atoms with Gasteiger partial charge in [-0.05, 0) is 55.2 Å². The first-order valence-corrected chi connectivity index (χ1v) is 15.3. The molecule has 0 fully saturated rings. The second-order valence-corrected chi connectivity index (χ2v) is 12.5. The van der Waals surface area contributed by atoms with E-state index in [1.807, 2.05) is 58.0 Å². The Morgan fingerprint density at radius 3 is 2.24 bits per heavy atom. The van der Waals surface area contributed by atoms with E-state index >= 15 is 0 Å².